The van der Waals surface area contributed by atoms with Gasteiger partial charge in [-0.15, -0.1) is 0 Å². The Morgan fingerprint density at radius 3 is 2.62 bits per heavy atom. The average Bonchev–Trinajstić information content (AvgIpc) is 2.02. The zero-order valence-corrected chi connectivity index (χ0v) is 8.70. The summed E-state index contributed by atoms with van der Waals surface area (Å²) in [7, 11) is 0. The summed E-state index contributed by atoms with van der Waals surface area (Å²) in [6.45, 7) is 2.33. The summed E-state index contributed by atoms with van der Waals surface area (Å²) < 4.78 is 31.0. The Kier molecular flexibility index (Phi) is 3.66. The third kappa shape index (κ3) is 2.66. The van der Waals surface area contributed by atoms with Crippen LogP contribution in [0.15, 0.2) is 16.6 Å². The highest BCUT2D eigenvalue weighted by molar-refractivity contribution is 9.10. The lowest BCUT2D eigenvalue weighted by atomic mass is 10.3. The SMILES string of the molecule is CCCOc1c(F)cc(F)cc1Br. The number of ether oxygens (including phenoxy) is 1. The van der Waals surface area contributed by atoms with Crippen LogP contribution in [0.3, 0.4) is 0 Å². The van der Waals surface area contributed by atoms with Crippen molar-refractivity contribution in [2.24, 2.45) is 0 Å². The fourth-order valence-electron chi connectivity index (χ4n) is 0.871. The molecule has 0 bridgehead atoms. The molecule has 0 amide bonds. The second-order valence-electron chi connectivity index (χ2n) is 2.55. The summed E-state index contributed by atoms with van der Waals surface area (Å²) >= 11 is 3.02. The molecular weight excluding hydrogens is 242 g/mol. The van der Waals surface area contributed by atoms with E-state index in [-0.39, 0.29) is 5.75 Å². The average molecular weight is 251 g/mol. The second kappa shape index (κ2) is 4.56. The molecule has 0 atom stereocenters. The molecular formula is C9H9BrF2O. The van der Waals surface area contributed by atoms with Gasteiger partial charge in [0.15, 0.2) is 11.6 Å². The first-order valence-electron chi connectivity index (χ1n) is 3.92. The van der Waals surface area contributed by atoms with E-state index in [1.54, 1.807) is 0 Å². The van der Waals surface area contributed by atoms with Crippen molar-refractivity contribution < 1.29 is 13.5 Å². The van der Waals surface area contributed by atoms with Crippen LogP contribution in [0.4, 0.5) is 8.78 Å². The van der Waals surface area contributed by atoms with Gasteiger partial charge in [-0.3, -0.25) is 0 Å². The van der Waals surface area contributed by atoms with Crippen LogP contribution >= 0.6 is 15.9 Å². The number of hydrogen-bond donors (Lipinski definition) is 0. The molecule has 0 saturated carbocycles. The van der Waals surface area contributed by atoms with Gasteiger partial charge in [-0.1, -0.05) is 6.92 Å². The molecule has 0 fully saturated rings. The van der Waals surface area contributed by atoms with Gasteiger partial charge < -0.3 is 4.74 Å². The van der Waals surface area contributed by atoms with E-state index in [2.05, 4.69) is 15.9 Å². The predicted molar refractivity (Wildman–Crippen MR) is 49.8 cm³/mol. The molecule has 1 aromatic rings. The fraction of sp³-hybridized carbons (Fsp3) is 0.333. The summed E-state index contributed by atoms with van der Waals surface area (Å²) in [4.78, 5) is 0. The number of halogens is 3. The van der Waals surface area contributed by atoms with Gasteiger partial charge in [-0.25, -0.2) is 8.78 Å². The van der Waals surface area contributed by atoms with Crippen molar-refractivity contribution in [1.82, 2.24) is 0 Å². The van der Waals surface area contributed by atoms with Gasteiger partial charge in [0.2, 0.25) is 0 Å². The van der Waals surface area contributed by atoms with Gasteiger partial charge in [-0.05, 0) is 28.4 Å². The lowest BCUT2D eigenvalue weighted by Gasteiger charge is -2.07. The van der Waals surface area contributed by atoms with Crippen LogP contribution in [-0.2, 0) is 0 Å². The van der Waals surface area contributed by atoms with E-state index in [0.29, 0.717) is 11.1 Å². The van der Waals surface area contributed by atoms with Crippen LogP contribution in [0, 0.1) is 11.6 Å². The van der Waals surface area contributed by atoms with Crippen molar-refractivity contribution in [1.29, 1.82) is 0 Å². The minimum atomic E-state index is -0.680. The standard InChI is InChI=1S/C9H9BrF2O/c1-2-3-13-9-7(10)4-6(11)5-8(9)12/h4-5H,2-3H2,1H3. The summed E-state index contributed by atoms with van der Waals surface area (Å²) in [6.07, 6.45) is 0.781. The van der Waals surface area contributed by atoms with E-state index in [0.717, 1.165) is 12.5 Å². The van der Waals surface area contributed by atoms with Crippen LogP contribution in [-0.4, -0.2) is 6.61 Å². The Labute approximate surface area is 83.8 Å². The third-order valence-corrected chi connectivity index (χ3v) is 2.00. The van der Waals surface area contributed by atoms with E-state index in [1.807, 2.05) is 6.92 Å². The van der Waals surface area contributed by atoms with Crippen LogP contribution in [0.2, 0.25) is 0 Å². The summed E-state index contributed by atoms with van der Waals surface area (Å²) in [5, 5.41) is 0. The number of rotatable bonds is 3. The van der Waals surface area contributed by atoms with Crippen LogP contribution in [0.5, 0.6) is 5.75 Å². The van der Waals surface area contributed by atoms with Crippen LogP contribution in [0.25, 0.3) is 0 Å². The molecule has 0 heterocycles. The minimum absolute atomic E-state index is 0.0725. The monoisotopic (exact) mass is 250 g/mol. The van der Waals surface area contributed by atoms with Crippen molar-refractivity contribution >= 4 is 15.9 Å². The molecule has 0 aliphatic heterocycles. The highest BCUT2D eigenvalue weighted by Crippen LogP contribution is 2.29. The first-order chi connectivity index (χ1) is 6.15. The molecule has 72 valence electrons. The van der Waals surface area contributed by atoms with Crippen molar-refractivity contribution in [2.45, 2.75) is 13.3 Å². The normalized spacial score (nSPS) is 10.2. The zero-order valence-electron chi connectivity index (χ0n) is 7.11. The minimum Gasteiger partial charge on any atom is -0.489 e. The van der Waals surface area contributed by atoms with Gasteiger partial charge in [0.05, 0.1) is 11.1 Å². The Morgan fingerprint density at radius 1 is 1.38 bits per heavy atom. The highest BCUT2D eigenvalue weighted by Gasteiger charge is 2.09. The molecule has 13 heavy (non-hydrogen) atoms. The van der Waals surface area contributed by atoms with Crippen molar-refractivity contribution in [3.63, 3.8) is 0 Å². The van der Waals surface area contributed by atoms with Gasteiger partial charge >= 0.3 is 0 Å². The first kappa shape index (κ1) is 10.4. The largest absolute Gasteiger partial charge is 0.489 e. The maximum atomic E-state index is 13.0. The van der Waals surface area contributed by atoms with Crippen molar-refractivity contribution in [3.05, 3.63) is 28.2 Å². The molecule has 1 aromatic carbocycles. The Morgan fingerprint density at radius 2 is 2.08 bits per heavy atom. The smallest absolute Gasteiger partial charge is 0.169 e. The third-order valence-electron chi connectivity index (χ3n) is 1.41. The van der Waals surface area contributed by atoms with E-state index >= 15 is 0 Å². The maximum absolute atomic E-state index is 13.0. The summed E-state index contributed by atoms with van der Waals surface area (Å²) in [5.41, 5.74) is 0. The molecule has 0 unspecified atom stereocenters. The van der Waals surface area contributed by atoms with Gasteiger partial charge in [-0.2, -0.15) is 0 Å². The number of hydrogen-bond acceptors (Lipinski definition) is 1. The predicted octanol–water partition coefficient (Wildman–Crippen LogP) is 3.52. The van der Waals surface area contributed by atoms with E-state index < -0.39 is 11.6 Å². The Balaban J connectivity index is 2.92. The highest BCUT2D eigenvalue weighted by atomic mass is 79.9. The number of benzene rings is 1. The molecule has 0 aromatic heterocycles. The van der Waals surface area contributed by atoms with Crippen molar-refractivity contribution in [2.75, 3.05) is 6.61 Å². The fourth-order valence-corrected chi connectivity index (χ4v) is 1.39. The lowest BCUT2D eigenvalue weighted by molar-refractivity contribution is 0.298. The topological polar surface area (TPSA) is 9.23 Å². The Hall–Kier alpha value is -0.640. The van der Waals surface area contributed by atoms with Crippen molar-refractivity contribution in [3.8, 4) is 5.75 Å². The lowest BCUT2D eigenvalue weighted by Crippen LogP contribution is -1.98. The van der Waals surface area contributed by atoms with Gasteiger partial charge in [0, 0.05) is 6.07 Å². The molecule has 0 aliphatic rings. The van der Waals surface area contributed by atoms with Crippen LogP contribution < -0.4 is 4.74 Å². The quantitative estimate of drug-likeness (QED) is 0.798. The molecule has 0 saturated heterocycles. The maximum Gasteiger partial charge on any atom is 0.169 e. The van der Waals surface area contributed by atoms with Gasteiger partial charge in [0.1, 0.15) is 5.82 Å². The molecule has 0 N–H and O–H groups in total. The summed E-state index contributed by atoms with van der Waals surface area (Å²) in [6, 6.07) is 1.98. The van der Waals surface area contributed by atoms with E-state index in [4.69, 9.17) is 4.74 Å². The molecule has 0 aliphatic carbocycles. The molecule has 0 spiro atoms. The molecule has 4 heteroatoms. The van der Waals surface area contributed by atoms with Crippen LogP contribution in [0.1, 0.15) is 13.3 Å². The Bertz CT molecular complexity index is 279. The molecule has 1 rings (SSSR count). The van der Waals surface area contributed by atoms with Gasteiger partial charge in [0.25, 0.3) is 0 Å². The molecule has 0 radical (unpaired) electrons. The second-order valence-corrected chi connectivity index (χ2v) is 3.40. The zero-order chi connectivity index (χ0) is 9.84. The molecule has 1 nitrogen and oxygen atoms in total. The summed E-state index contributed by atoms with van der Waals surface area (Å²) in [5.74, 6) is -1.23. The van der Waals surface area contributed by atoms with E-state index in [1.165, 1.54) is 6.07 Å². The van der Waals surface area contributed by atoms with E-state index in [9.17, 15) is 8.78 Å². The first-order valence-corrected chi connectivity index (χ1v) is 4.71.